The van der Waals surface area contributed by atoms with Crippen molar-refractivity contribution in [2.24, 2.45) is 5.73 Å². The molecule has 0 saturated heterocycles. The number of nitrogens with zero attached hydrogens (tertiary/aromatic N) is 3. The van der Waals surface area contributed by atoms with Crippen LogP contribution in [0.2, 0.25) is 0 Å². The second kappa shape index (κ2) is 8.97. The van der Waals surface area contributed by atoms with Crippen LogP contribution in [0.3, 0.4) is 0 Å². The molecule has 1 atom stereocenters. The highest BCUT2D eigenvalue weighted by Crippen LogP contribution is 2.39. The average Bonchev–Trinajstić information content (AvgIpc) is 3.17. The van der Waals surface area contributed by atoms with Crippen LogP contribution in [0.4, 0.5) is 21.8 Å². The number of para-hydroxylation sites is 1. The molecule has 3 aromatic carbocycles. The highest BCUT2D eigenvalue weighted by molar-refractivity contribution is 6.61. The third-order valence-electron chi connectivity index (χ3n) is 6.21. The van der Waals surface area contributed by atoms with Crippen LogP contribution in [-0.4, -0.2) is 39.1 Å². The Hall–Kier alpha value is -4.02. The van der Waals surface area contributed by atoms with Crippen molar-refractivity contribution in [1.82, 2.24) is 9.97 Å². The SMILES string of the molecule is CC1Cc2c(C(N)=O)cccc2N1c1nc(NCc2cccc(F)c2)c2cccc(B(O)O)c2n1. The molecule has 5 rings (SSSR count). The molecule has 8 nitrogen and oxygen atoms in total. The van der Waals surface area contributed by atoms with Gasteiger partial charge in [-0.1, -0.05) is 30.3 Å². The van der Waals surface area contributed by atoms with Gasteiger partial charge in [-0.25, -0.2) is 9.37 Å². The molecule has 4 aromatic rings. The normalized spacial score (nSPS) is 14.7. The number of amides is 1. The van der Waals surface area contributed by atoms with Crippen molar-refractivity contribution in [3.05, 3.63) is 83.2 Å². The Morgan fingerprint density at radius 1 is 1.17 bits per heavy atom. The van der Waals surface area contributed by atoms with Gasteiger partial charge in [0.1, 0.15) is 11.6 Å². The monoisotopic (exact) mass is 471 g/mol. The first kappa shape index (κ1) is 22.8. The molecule has 0 spiro atoms. The Labute approximate surface area is 201 Å². The van der Waals surface area contributed by atoms with E-state index in [1.807, 2.05) is 17.9 Å². The lowest BCUT2D eigenvalue weighted by atomic mass is 9.79. The summed E-state index contributed by atoms with van der Waals surface area (Å²) in [4.78, 5) is 23.4. The molecule has 0 aliphatic carbocycles. The van der Waals surface area contributed by atoms with Gasteiger partial charge in [-0.05, 0) is 54.8 Å². The van der Waals surface area contributed by atoms with Crippen LogP contribution < -0.4 is 21.4 Å². The Morgan fingerprint density at radius 3 is 2.69 bits per heavy atom. The molecule has 10 heteroatoms. The number of rotatable bonds is 6. The first-order chi connectivity index (χ1) is 16.8. The summed E-state index contributed by atoms with van der Waals surface area (Å²) in [6.07, 6.45) is 0.576. The van der Waals surface area contributed by atoms with Crippen molar-refractivity contribution in [2.75, 3.05) is 10.2 Å². The number of hydrogen-bond acceptors (Lipinski definition) is 7. The smallest absolute Gasteiger partial charge is 0.423 e. The summed E-state index contributed by atoms with van der Waals surface area (Å²) >= 11 is 0. The van der Waals surface area contributed by atoms with Crippen LogP contribution in [0, 0.1) is 5.82 Å². The van der Waals surface area contributed by atoms with Gasteiger partial charge in [0.2, 0.25) is 11.9 Å². The highest BCUT2D eigenvalue weighted by atomic mass is 19.1. The van der Waals surface area contributed by atoms with Crippen molar-refractivity contribution in [1.29, 1.82) is 0 Å². The number of nitrogens with one attached hydrogen (secondary N) is 1. The van der Waals surface area contributed by atoms with Gasteiger partial charge in [0.15, 0.2) is 0 Å². The molecule has 5 N–H and O–H groups in total. The molecule has 1 aromatic heterocycles. The van der Waals surface area contributed by atoms with Gasteiger partial charge in [-0.15, -0.1) is 0 Å². The first-order valence-corrected chi connectivity index (χ1v) is 11.2. The van der Waals surface area contributed by atoms with E-state index in [4.69, 9.17) is 15.7 Å². The van der Waals surface area contributed by atoms with Crippen molar-refractivity contribution in [3.8, 4) is 0 Å². The minimum absolute atomic E-state index is 0.0785. The molecule has 0 bridgehead atoms. The predicted molar refractivity (Wildman–Crippen MR) is 133 cm³/mol. The molecule has 1 aliphatic heterocycles. The standard InChI is InChI=1S/C25H23BFN5O3/c1-14-11-19-17(23(28)33)7-4-10-21(19)32(14)25-30-22-18(8-3-9-20(22)26(34)35)24(31-25)29-13-15-5-2-6-16(27)12-15/h2-10,12,14,34-35H,11,13H2,1H3,(H2,28,33)(H,29,30,31). The molecule has 0 radical (unpaired) electrons. The summed E-state index contributed by atoms with van der Waals surface area (Å²) in [5, 5.41) is 23.8. The quantitative estimate of drug-likeness (QED) is 0.318. The molecule has 2 heterocycles. The van der Waals surface area contributed by atoms with Crippen LogP contribution in [0.25, 0.3) is 10.9 Å². The van der Waals surface area contributed by atoms with Gasteiger partial charge in [0, 0.05) is 34.7 Å². The van der Waals surface area contributed by atoms with Crippen LogP contribution >= 0.6 is 0 Å². The minimum atomic E-state index is -1.73. The summed E-state index contributed by atoms with van der Waals surface area (Å²) in [6.45, 7) is 2.29. The minimum Gasteiger partial charge on any atom is -0.423 e. The fraction of sp³-hybridized carbons (Fsp3) is 0.160. The van der Waals surface area contributed by atoms with Crippen LogP contribution in [0.5, 0.6) is 0 Å². The number of hydrogen-bond donors (Lipinski definition) is 4. The van der Waals surface area contributed by atoms with E-state index in [2.05, 4.69) is 5.32 Å². The number of benzene rings is 3. The third-order valence-corrected chi connectivity index (χ3v) is 6.21. The number of fused-ring (bicyclic) bond motifs is 2. The molecular weight excluding hydrogens is 448 g/mol. The Balaban J connectivity index is 1.65. The number of primary amides is 1. The lowest BCUT2D eigenvalue weighted by Gasteiger charge is -2.24. The zero-order chi connectivity index (χ0) is 24.7. The molecule has 1 unspecified atom stereocenters. The van der Waals surface area contributed by atoms with Crippen LogP contribution in [0.15, 0.2) is 60.7 Å². The van der Waals surface area contributed by atoms with Gasteiger partial charge in [-0.2, -0.15) is 4.98 Å². The second-order valence-electron chi connectivity index (χ2n) is 8.56. The zero-order valence-corrected chi connectivity index (χ0v) is 18.9. The summed E-state index contributed by atoms with van der Waals surface area (Å²) in [5.41, 5.74) is 8.97. The Kier molecular flexibility index (Phi) is 5.84. The number of anilines is 3. The maximum absolute atomic E-state index is 13.7. The molecule has 0 fully saturated rings. The van der Waals surface area contributed by atoms with Gasteiger partial charge >= 0.3 is 7.12 Å². The Bertz CT molecular complexity index is 1450. The maximum atomic E-state index is 13.7. The van der Waals surface area contributed by atoms with E-state index >= 15 is 0 Å². The van der Waals surface area contributed by atoms with E-state index in [1.165, 1.54) is 12.1 Å². The molecule has 0 saturated carbocycles. The van der Waals surface area contributed by atoms with Crippen LogP contribution in [-0.2, 0) is 13.0 Å². The van der Waals surface area contributed by atoms with E-state index in [1.54, 1.807) is 42.5 Å². The molecule has 1 amide bonds. The average molecular weight is 471 g/mol. The fourth-order valence-electron chi connectivity index (χ4n) is 4.62. The zero-order valence-electron chi connectivity index (χ0n) is 18.9. The van der Waals surface area contributed by atoms with Crippen molar-refractivity contribution in [3.63, 3.8) is 0 Å². The number of carbonyl (C=O) groups excluding carboxylic acids is 1. The number of nitrogens with two attached hydrogens (primary N) is 1. The Morgan fingerprint density at radius 2 is 1.94 bits per heavy atom. The van der Waals surface area contributed by atoms with Gasteiger partial charge in [0.05, 0.1) is 5.52 Å². The van der Waals surface area contributed by atoms with E-state index in [0.717, 1.165) is 16.8 Å². The van der Waals surface area contributed by atoms with E-state index in [9.17, 15) is 19.2 Å². The molecular formula is C25H23BFN5O3. The third kappa shape index (κ3) is 4.18. The lowest BCUT2D eigenvalue weighted by molar-refractivity contribution is 0.0999. The van der Waals surface area contributed by atoms with Gasteiger partial charge < -0.3 is 26.0 Å². The summed E-state index contributed by atoms with van der Waals surface area (Å²) in [7, 11) is -1.73. The van der Waals surface area contributed by atoms with E-state index in [0.29, 0.717) is 41.2 Å². The van der Waals surface area contributed by atoms with Crippen molar-refractivity contribution < 1.29 is 19.2 Å². The summed E-state index contributed by atoms with van der Waals surface area (Å²) < 4.78 is 13.7. The van der Waals surface area contributed by atoms with Crippen molar-refractivity contribution >= 4 is 46.8 Å². The summed E-state index contributed by atoms with van der Waals surface area (Å²) in [5.74, 6) is -0.0434. The fourth-order valence-corrected chi connectivity index (χ4v) is 4.62. The molecule has 35 heavy (non-hydrogen) atoms. The van der Waals surface area contributed by atoms with Crippen molar-refractivity contribution in [2.45, 2.75) is 25.9 Å². The number of carbonyl (C=O) groups is 1. The predicted octanol–water partition coefficient (Wildman–Crippen LogP) is 2.24. The van der Waals surface area contributed by atoms with E-state index < -0.39 is 13.0 Å². The molecule has 176 valence electrons. The van der Waals surface area contributed by atoms with Crippen LogP contribution in [0.1, 0.15) is 28.4 Å². The highest BCUT2D eigenvalue weighted by Gasteiger charge is 2.33. The first-order valence-electron chi connectivity index (χ1n) is 11.2. The number of aromatic nitrogens is 2. The topological polar surface area (TPSA) is 125 Å². The molecule has 1 aliphatic rings. The number of halogens is 1. The maximum Gasteiger partial charge on any atom is 0.490 e. The van der Waals surface area contributed by atoms with Gasteiger partial charge in [0.25, 0.3) is 0 Å². The summed E-state index contributed by atoms with van der Waals surface area (Å²) in [6, 6.07) is 16.6. The second-order valence-corrected chi connectivity index (χ2v) is 8.56. The van der Waals surface area contributed by atoms with Gasteiger partial charge in [-0.3, -0.25) is 4.79 Å². The lowest BCUT2D eigenvalue weighted by Crippen LogP contribution is -2.32. The largest absolute Gasteiger partial charge is 0.490 e. The van der Waals surface area contributed by atoms with E-state index in [-0.39, 0.29) is 17.3 Å².